The number of hydrogen-bond acceptors (Lipinski definition) is 4. The number of methoxy groups -OCH3 is 1. The lowest BCUT2D eigenvalue weighted by Crippen LogP contribution is -2.19. The molecule has 0 saturated carbocycles. The summed E-state index contributed by atoms with van der Waals surface area (Å²) in [6.07, 6.45) is 2.87. The molecule has 1 atom stereocenters. The molecule has 25 heavy (non-hydrogen) atoms. The van der Waals surface area contributed by atoms with Crippen molar-refractivity contribution in [2.24, 2.45) is 5.92 Å². The summed E-state index contributed by atoms with van der Waals surface area (Å²) in [7, 11) is 1.57. The summed E-state index contributed by atoms with van der Waals surface area (Å²) in [6.45, 7) is 3.68. The highest BCUT2D eigenvalue weighted by molar-refractivity contribution is 7.17. The number of fused-ring (bicyclic) bond motifs is 1. The summed E-state index contributed by atoms with van der Waals surface area (Å²) in [5.74, 6) is 0.828. The first-order valence-electron chi connectivity index (χ1n) is 8.36. The molecule has 3 rings (SSSR count). The van der Waals surface area contributed by atoms with Gasteiger partial charge >= 0.3 is 0 Å². The van der Waals surface area contributed by atoms with Crippen LogP contribution < -0.4 is 15.4 Å². The van der Waals surface area contributed by atoms with Crippen molar-refractivity contribution in [3.05, 3.63) is 40.3 Å². The zero-order valence-corrected chi connectivity index (χ0v) is 15.5. The lowest BCUT2D eigenvalue weighted by Gasteiger charge is -2.19. The number of benzene rings is 1. The van der Waals surface area contributed by atoms with E-state index in [1.165, 1.54) is 23.1 Å². The Balaban J connectivity index is 1.97. The average molecular weight is 358 g/mol. The molecule has 2 N–H and O–H groups in total. The highest BCUT2D eigenvalue weighted by atomic mass is 32.1. The number of carbonyl (C=O) groups excluding carboxylic acids is 2. The fraction of sp³-hybridized carbons (Fsp3) is 0.368. The Morgan fingerprint density at radius 2 is 2.00 bits per heavy atom. The minimum absolute atomic E-state index is 0.169. The molecular weight excluding hydrogens is 336 g/mol. The van der Waals surface area contributed by atoms with Gasteiger partial charge in [-0.1, -0.05) is 19.1 Å². The molecule has 1 aromatic carbocycles. The van der Waals surface area contributed by atoms with Gasteiger partial charge in [-0.05, 0) is 42.9 Å². The zero-order valence-electron chi connectivity index (χ0n) is 14.6. The van der Waals surface area contributed by atoms with Crippen LogP contribution in [-0.4, -0.2) is 18.9 Å². The highest BCUT2D eigenvalue weighted by Gasteiger charge is 2.28. The maximum Gasteiger partial charge on any atom is 0.259 e. The van der Waals surface area contributed by atoms with E-state index >= 15 is 0 Å². The van der Waals surface area contributed by atoms with Crippen molar-refractivity contribution < 1.29 is 14.3 Å². The summed E-state index contributed by atoms with van der Waals surface area (Å²) in [6, 6.07) is 7.30. The lowest BCUT2D eigenvalue weighted by atomic mass is 9.88. The van der Waals surface area contributed by atoms with E-state index in [9.17, 15) is 9.59 Å². The molecule has 0 spiro atoms. The first-order valence-corrected chi connectivity index (χ1v) is 9.17. The van der Waals surface area contributed by atoms with Crippen LogP contribution >= 0.6 is 11.3 Å². The van der Waals surface area contributed by atoms with E-state index in [4.69, 9.17) is 4.74 Å². The molecule has 0 bridgehead atoms. The van der Waals surface area contributed by atoms with Gasteiger partial charge in [0.25, 0.3) is 5.91 Å². The highest BCUT2D eigenvalue weighted by Crippen LogP contribution is 2.40. The summed E-state index contributed by atoms with van der Waals surface area (Å²) >= 11 is 1.52. The number of carbonyl (C=O) groups is 2. The quantitative estimate of drug-likeness (QED) is 0.865. The van der Waals surface area contributed by atoms with Crippen molar-refractivity contribution in [2.75, 3.05) is 17.7 Å². The first-order chi connectivity index (χ1) is 12.0. The molecule has 6 heteroatoms. The Kier molecular flexibility index (Phi) is 5.08. The third-order valence-corrected chi connectivity index (χ3v) is 5.55. The van der Waals surface area contributed by atoms with E-state index in [0.29, 0.717) is 27.9 Å². The number of rotatable bonds is 4. The molecule has 1 aliphatic rings. The third kappa shape index (κ3) is 3.69. The number of nitrogens with one attached hydrogen (secondary N) is 2. The predicted octanol–water partition coefficient (Wildman–Crippen LogP) is 4.09. The lowest BCUT2D eigenvalue weighted by molar-refractivity contribution is -0.114. The maximum absolute atomic E-state index is 13.0. The summed E-state index contributed by atoms with van der Waals surface area (Å²) < 4.78 is 5.30. The second-order valence-electron chi connectivity index (χ2n) is 6.39. The van der Waals surface area contributed by atoms with Crippen LogP contribution in [0.4, 0.5) is 10.7 Å². The molecule has 132 valence electrons. The SMILES string of the molecule is COc1ccccc1NC(=O)c1c(NC(C)=O)sc2c1CC[C@H](C)C2. The van der Waals surface area contributed by atoms with Crippen LogP contribution in [0.3, 0.4) is 0 Å². The van der Waals surface area contributed by atoms with Crippen LogP contribution in [0, 0.1) is 5.92 Å². The molecule has 0 fully saturated rings. The Labute approximate surface area is 151 Å². The normalized spacial score (nSPS) is 16.0. The third-order valence-electron chi connectivity index (χ3n) is 4.38. The van der Waals surface area contributed by atoms with Crippen molar-refractivity contribution in [2.45, 2.75) is 33.1 Å². The number of anilines is 2. The van der Waals surface area contributed by atoms with E-state index in [0.717, 1.165) is 24.8 Å². The Bertz CT molecular complexity index is 813. The van der Waals surface area contributed by atoms with Gasteiger partial charge in [0.2, 0.25) is 5.91 Å². The number of para-hydroxylation sites is 2. The van der Waals surface area contributed by atoms with Gasteiger partial charge in [0.05, 0.1) is 18.4 Å². The first kappa shape index (κ1) is 17.5. The van der Waals surface area contributed by atoms with Gasteiger partial charge in [-0.3, -0.25) is 9.59 Å². The van der Waals surface area contributed by atoms with Crippen LogP contribution in [-0.2, 0) is 17.6 Å². The second kappa shape index (κ2) is 7.27. The Morgan fingerprint density at radius 3 is 2.72 bits per heavy atom. The standard InChI is InChI=1S/C19H22N2O3S/c1-11-8-9-13-16(10-11)25-19(20-12(2)22)17(13)18(23)21-14-6-4-5-7-15(14)24-3/h4-7,11H,8-10H2,1-3H3,(H,20,22)(H,21,23)/t11-/m0/s1. The van der Waals surface area contributed by atoms with Gasteiger partial charge in [-0.15, -0.1) is 11.3 Å². The van der Waals surface area contributed by atoms with Crippen LogP contribution in [0.25, 0.3) is 0 Å². The number of amides is 2. The van der Waals surface area contributed by atoms with Crippen molar-refractivity contribution in [3.63, 3.8) is 0 Å². The Morgan fingerprint density at radius 1 is 1.24 bits per heavy atom. The van der Waals surface area contributed by atoms with Gasteiger partial charge in [0.1, 0.15) is 10.8 Å². The van der Waals surface area contributed by atoms with E-state index in [1.54, 1.807) is 19.2 Å². The summed E-state index contributed by atoms with van der Waals surface area (Å²) in [5.41, 5.74) is 2.28. The fourth-order valence-corrected chi connectivity index (χ4v) is 4.63. The van der Waals surface area contributed by atoms with Crippen LogP contribution in [0.5, 0.6) is 5.75 Å². The van der Waals surface area contributed by atoms with E-state index in [-0.39, 0.29) is 11.8 Å². The molecule has 0 unspecified atom stereocenters. The van der Waals surface area contributed by atoms with Crippen LogP contribution in [0.1, 0.15) is 41.1 Å². The number of ether oxygens (including phenoxy) is 1. The Hall–Kier alpha value is -2.34. The maximum atomic E-state index is 13.0. The molecule has 0 aliphatic heterocycles. The molecule has 1 aliphatic carbocycles. The largest absolute Gasteiger partial charge is 0.495 e. The summed E-state index contributed by atoms with van der Waals surface area (Å²) in [4.78, 5) is 25.8. The minimum atomic E-state index is -0.208. The molecule has 0 radical (unpaired) electrons. The molecule has 0 saturated heterocycles. The van der Waals surface area contributed by atoms with E-state index in [2.05, 4.69) is 17.6 Å². The molecule has 5 nitrogen and oxygen atoms in total. The monoisotopic (exact) mass is 358 g/mol. The smallest absolute Gasteiger partial charge is 0.259 e. The van der Waals surface area contributed by atoms with Gasteiger partial charge in [0.15, 0.2) is 0 Å². The zero-order chi connectivity index (χ0) is 18.0. The van der Waals surface area contributed by atoms with Crippen LogP contribution in [0.2, 0.25) is 0 Å². The minimum Gasteiger partial charge on any atom is -0.495 e. The fourth-order valence-electron chi connectivity index (χ4n) is 3.17. The number of thiophene rings is 1. The van der Waals surface area contributed by atoms with Crippen molar-refractivity contribution in [3.8, 4) is 5.75 Å². The van der Waals surface area contributed by atoms with Crippen molar-refractivity contribution >= 4 is 33.8 Å². The van der Waals surface area contributed by atoms with Gasteiger partial charge < -0.3 is 15.4 Å². The van der Waals surface area contributed by atoms with Gasteiger partial charge in [-0.2, -0.15) is 0 Å². The molecule has 2 amide bonds. The second-order valence-corrected chi connectivity index (χ2v) is 7.50. The molecule has 1 heterocycles. The molecule has 1 aromatic heterocycles. The van der Waals surface area contributed by atoms with Gasteiger partial charge in [-0.25, -0.2) is 0 Å². The molecule has 2 aromatic rings. The van der Waals surface area contributed by atoms with Crippen LogP contribution in [0.15, 0.2) is 24.3 Å². The molecular formula is C19H22N2O3S. The topological polar surface area (TPSA) is 67.4 Å². The predicted molar refractivity (Wildman–Crippen MR) is 101 cm³/mol. The van der Waals surface area contributed by atoms with Gasteiger partial charge in [0, 0.05) is 11.8 Å². The van der Waals surface area contributed by atoms with Crippen molar-refractivity contribution in [1.82, 2.24) is 0 Å². The van der Waals surface area contributed by atoms with Crippen molar-refractivity contribution in [1.29, 1.82) is 0 Å². The van der Waals surface area contributed by atoms with E-state index in [1.807, 2.05) is 12.1 Å². The average Bonchev–Trinajstić information content (AvgIpc) is 2.91. The number of hydrogen-bond donors (Lipinski definition) is 2. The van der Waals surface area contributed by atoms with E-state index < -0.39 is 0 Å². The summed E-state index contributed by atoms with van der Waals surface area (Å²) in [5, 5.41) is 6.40.